The van der Waals surface area contributed by atoms with E-state index in [4.69, 9.17) is 0 Å². The van der Waals surface area contributed by atoms with Gasteiger partial charge in [0, 0.05) is 25.5 Å². The summed E-state index contributed by atoms with van der Waals surface area (Å²) in [5.74, 6) is 0.318. The number of nitrogens with zero attached hydrogens (tertiary/aromatic N) is 3. The highest BCUT2D eigenvalue weighted by molar-refractivity contribution is 5.78. The average molecular weight is 269 g/mol. The Balaban J connectivity index is 1.58. The normalized spacial score (nSPS) is 30.8. The van der Waals surface area contributed by atoms with Crippen LogP contribution in [0, 0.1) is 11.3 Å². The first-order valence-corrected chi connectivity index (χ1v) is 6.88. The third-order valence-electron chi connectivity index (χ3n) is 4.70. The average Bonchev–Trinajstić information content (AvgIpc) is 3.00. The minimum atomic E-state index is -0.264. The van der Waals surface area contributed by atoms with Crippen molar-refractivity contribution >= 4 is 12.3 Å². The highest BCUT2D eigenvalue weighted by atomic mass is 16.2. The standard InChI is InChI=1S/C15H15N3O2/c19-9-15-3-1-11-2-5-17(8-12(11)13(15)7-15)14(20)18-6-4-16-10-18/h1,3-4,6,9-10,13H,2,5,7-8H2. The predicted octanol–water partition coefficient (Wildman–Crippen LogP) is 1.63. The SMILES string of the molecule is O=CC12C=CC3=C(CN(C(=O)n4ccnc4)CC3)C1C2. The molecule has 0 radical (unpaired) electrons. The van der Waals surface area contributed by atoms with Crippen LogP contribution in [0.5, 0.6) is 0 Å². The molecule has 1 aromatic heterocycles. The molecule has 20 heavy (non-hydrogen) atoms. The van der Waals surface area contributed by atoms with Crippen molar-refractivity contribution in [2.24, 2.45) is 11.3 Å². The molecule has 2 aliphatic carbocycles. The number of allylic oxidation sites excluding steroid dienone is 2. The van der Waals surface area contributed by atoms with Crippen LogP contribution in [0.3, 0.4) is 0 Å². The number of aldehydes is 1. The maximum Gasteiger partial charge on any atom is 0.329 e. The van der Waals surface area contributed by atoms with Gasteiger partial charge in [-0.05, 0) is 29.9 Å². The smallest absolute Gasteiger partial charge is 0.320 e. The van der Waals surface area contributed by atoms with Crippen molar-refractivity contribution in [1.82, 2.24) is 14.5 Å². The lowest BCUT2D eigenvalue weighted by Crippen LogP contribution is -2.40. The lowest BCUT2D eigenvalue weighted by atomic mass is 9.87. The largest absolute Gasteiger partial charge is 0.329 e. The van der Waals surface area contributed by atoms with Gasteiger partial charge in [-0.3, -0.25) is 4.57 Å². The van der Waals surface area contributed by atoms with Gasteiger partial charge in [0.15, 0.2) is 0 Å². The summed E-state index contributed by atoms with van der Waals surface area (Å²) in [7, 11) is 0. The maximum atomic E-state index is 12.3. The molecule has 4 rings (SSSR count). The molecule has 2 heterocycles. The van der Waals surface area contributed by atoms with Gasteiger partial charge in [0.1, 0.15) is 12.6 Å². The van der Waals surface area contributed by atoms with Crippen LogP contribution >= 0.6 is 0 Å². The highest BCUT2D eigenvalue weighted by Crippen LogP contribution is 2.59. The summed E-state index contributed by atoms with van der Waals surface area (Å²) in [6, 6.07) is -0.0408. The molecule has 0 saturated heterocycles. The zero-order chi connectivity index (χ0) is 13.7. The summed E-state index contributed by atoms with van der Waals surface area (Å²) in [5, 5.41) is 0. The second kappa shape index (κ2) is 3.91. The number of hydrogen-bond donors (Lipinski definition) is 0. The Morgan fingerprint density at radius 2 is 2.40 bits per heavy atom. The van der Waals surface area contributed by atoms with Gasteiger partial charge in [0.05, 0.1) is 5.41 Å². The second-order valence-electron chi connectivity index (χ2n) is 5.79. The molecule has 102 valence electrons. The van der Waals surface area contributed by atoms with E-state index in [9.17, 15) is 9.59 Å². The zero-order valence-electron chi connectivity index (χ0n) is 11.0. The first-order chi connectivity index (χ1) is 9.73. The summed E-state index contributed by atoms with van der Waals surface area (Å²) in [5.41, 5.74) is 2.33. The molecule has 0 aromatic carbocycles. The van der Waals surface area contributed by atoms with E-state index >= 15 is 0 Å². The molecular formula is C15H15N3O2. The monoisotopic (exact) mass is 269 g/mol. The van der Waals surface area contributed by atoms with Crippen LogP contribution < -0.4 is 0 Å². The first kappa shape index (κ1) is 11.6. The molecule has 0 N–H and O–H groups in total. The van der Waals surface area contributed by atoms with Gasteiger partial charge in [-0.15, -0.1) is 0 Å². The van der Waals surface area contributed by atoms with Crippen molar-refractivity contribution in [2.75, 3.05) is 13.1 Å². The third-order valence-corrected chi connectivity index (χ3v) is 4.70. The van der Waals surface area contributed by atoms with Gasteiger partial charge in [0.2, 0.25) is 0 Å². The topological polar surface area (TPSA) is 55.2 Å². The van der Waals surface area contributed by atoms with Crippen LogP contribution in [0.15, 0.2) is 42.0 Å². The van der Waals surface area contributed by atoms with E-state index in [0.29, 0.717) is 12.5 Å². The van der Waals surface area contributed by atoms with Gasteiger partial charge in [-0.2, -0.15) is 0 Å². The summed E-state index contributed by atoms with van der Waals surface area (Å²) >= 11 is 0. The molecule has 1 saturated carbocycles. The summed E-state index contributed by atoms with van der Waals surface area (Å²) in [4.78, 5) is 29.3. The molecule has 3 aliphatic rings. The Morgan fingerprint density at radius 1 is 1.50 bits per heavy atom. The second-order valence-corrected chi connectivity index (χ2v) is 5.79. The van der Waals surface area contributed by atoms with Gasteiger partial charge in [0.25, 0.3) is 0 Å². The number of aromatic nitrogens is 2. The number of carbonyl (C=O) groups is 2. The summed E-state index contributed by atoms with van der Waals surface area (Å²) in [6.07, 6.45) is 11.8. The van der Waals surface area contributed by atoms with Crippen LogP contribution in [0.2, 0.25) is 0 Å². The Hall–Kier alpha value is -2.17. The van der Waals surface area contributed by atoms with Crippen LogP contribution in [-0.4, -0.2) is 39.9 Å². The number of carbonyl (C=O) groups excluding carboxylic acids is 2. The molecular weight excluding hydrogens is 254 g/mol. The highest BCUT2D eigenvalue weighted by Gasteiger charge is 2.56. The minimum absolute atomic E-state index is 0.0408. The number of amides is 1. The number of rotatable bonds is 1. The quantitative estimate of drug-likeness (QED) is 0.728. The van der Waals surface area contributed by atoms with Gasteiger partial charge < -0.3 is 9.69 Å². The lowest BCUT2D eigenvalue weighted by molar-refractivity contribution is -0.111. The van der Waals surface area contributed by atoms with Gasteiger partial charge >= 0.3 is 6.03 Å². The maximum absolute atomic E-state index is 12.3. The molecule has 5 nitrogen and oxygen atoms in total. The third kappa shape index (κ3) is 1.52. The van der Waals surface area contributed by atoms with E-state index in [0.717, 1.165) is 25.7 Å². The van der Waals surface area contributed by atoms with Crippen molar-refractivity contribution in [3.63, 3.8) is 0 Å². The first-order valence-electron chi connectivity index (χ1n) is 6.88. The summed E-state index contributed by atoms with van der Waals surface area (Å²) < 4.78 is 1.50. The Morgan fingerprint density at radius 3 is 3.15 bits per heavy atom. The van der Waals surface area contributed by atoms with E-state index in [2.05, 4.69) is 17.1 Å². The molecule has 1 amide bonds. The van der Waals surface area contributed by atoms with Crippen molar-refractivity contribution in [3.8, 4) is 0 Å². The molecule has 5 heteroatoms. The van der Waals surface area contributed by atoms with E-state index in [-0.39, 0.29) is 11.4 Å². The van der Waals surface area contributed by atoms with Crippen molar-refractivity contribution in [2.45, 2.75) is 12.8 Å². The van der Waals surface area contributed by atoms with Crippen LogP contribution in [-0.2, 0) is 4.79 Å². The minimum Gasteiger partial charge on any atom is -0.320 e. The van der Waals surface area contributed by atoms with E-state index in [1.165, 1.54) is 22.0 Å². The molecule has 2 unspecified atom stereocenters. The van der Waals surface area contributed by atoms with Crippen LogP contribution in [0.4, 0.5) is 4.79 Å². The fraction of sp³-hybridized carbons (Fsp3) is 0.400. The number of imidazole rings is 1. The van der Waals surface area contributed by atoms with E-state index < -0.39 is 0 Å². The molecule has 1 fully saturated rings. The molecule has 0 bridgehead atoms. The fourth-order valence-corrected chi connectivity index (χ4v) is 3.38. The molecule has 1 aromatic rings. The van der Waals surface area contributed by atoms with E-state index in [1.54, 1.807) is 12.4 Å². The van der Waals surface area contributed by atoms with Crippen LogP contribution in [0.25, 0.3) is 0 Å². The van der Waals surface area contributed by atoms with E-state index in [1.807, 2.05) is 4.90 Å². The number of hydrogen-bond acceptors (Lipinski definition) is 3. The molecule has 0 spiro atoms. The number of fused-ring (bicyclic) bond motifs is 2. The zero-order valence-corrected chi connectivity index (χ0v) is 11.0. The lowest BCUT2D eigenvalue weighted by Gasteiger charge is -2.32. The Kier molecular flexibility index (Phi) is 2.28. The van der Waals surface area contributed by atoms with Crippen LogP contribution in [0.1, 0.15) is 12.8 Å². The van der Waals surface area contributed by atoms with Gasteiger partial charge in [-0.1, -0.05) is 12.2 Å². The van der Waals surface area contributed by atoms with Crippen molar-refractivity contribution in [1.29, 1.82) is 0 Å². The Bertz CT molecular complexity index is 644. The molecule has 1 aliphatic heterocycles. The van der Waals surface area contributed by atoms with Crippen molar-refractivity contribution < 1.29 is 9.59 Å². The molecule has 2 atom stereocenters. The fourth-order valence-electron chi connectivity index (χ4n) is 3.38. The van der Waals surface area contributed by atoms with Gasteiger partial charge in [-0.25, -0.2) is 9.78 Å². The summed E-state index contributed by atoms with van der Waals surface area (Å²) in [6.45, 7) is 1.36. The Labute approximate surface area is 116 Å². The predicted molar refractivity (Wildman–Crippen MR) is 72.0 cm³/mol. The van der Waals surface area contributed by atoms with Crippen molar-refractivity contribution in [3.05, 3.63) is 42.0 Å².